The number of fused-ring (bicyclic) bond motifs is 1. The number of benzene rings is 1. The van der Waals surface area contributed by atoms with Gasteiger partial charge in [-0.25, -0.2) is 0 Å². The van der Waals surface area contributed by atoms with E-state index in [2.05, 4.69) is 15.9 Å². The molecule has 1 heterocycles. The molecule has 3 aromatic rings. The summed E-state index contributed by atoms with van der Waals surface area (Å²) >= 11 is 3.29. The lowest BCUT2D eigenvalue weighted by Crippen LogP contribution is -2.05. The van der Waals surface area contributed by atoms with E-state index in [0.717, 1.165) is 16.7 Å². The zero-order valence-electron chi connectivity index (χ0n) is 12.1. The first-order valence-corrected chi connectivity index (χ1v) is 7.60. The molecule has 0 aliphatic heterocycles. The van der Waals surface area contributed by atoms with Crippen molar-refractivity contribution in [3.8, 4) is 11.3 Å². The van der Waals surface area contributed by atoms with E-state index in [4.69, 9.17) is 4.42 Å². The molecule has 0 N–H and O–H groups in total. The van der Waals surface area contributed by atoms with Crippen LogP contribution in [0.4, 0.5) is 0 Å². The maximum absolute atomic E-state index is 12.4. The summed E-state index contributed by atoms with van der Waals surface area (Å²) < 4.78 is 6.42. The van der Waals surface area contributed by atoms with E-state index in [1.165, 1.54) is 12.1 Å². The van der Waals surface area contributed by atoms with Gasteiger partial charge >= 0.3 is 0 Å². The van der Waals surface area contributed by atoms with E-state index >= 15 is 0 Å². The fourth-order valence-electron chi connectivity index (χ4n) is 2.46. The summed E-state index contributed by atoms with van der Waals surface area (Å²) in [5.41, 5.74) is 2.47. The molecule has 0 amide bonds. The van der Waals surface area contributed by atoms with Crippen molar-refractivity contribution in [3.63, 3.8) is 0 Å². The summed E-state index contributed by atoms with van der Waals surface area (Å²) in [5.74, 6) is 0.412. The van der Waals surface area contributed by atoms with Gasteiger partial charge in [-0.1, -0.05) is 39.7 Å². The summed E-state index contributed by atoms with van der Waals surface area (Å²) in [4.78, 5) is 24.5. The first-order chi connectivity index (χ1) is 10.5. The standard InChI is InChI=1S/C18H13BrO3/c1-10-3-5-13(11(2)7-10)17-9-16(21)14-8-12(19)4-6-15(20)18(14)22-17/h3-9H,1-2H3. The molecule has 4 heteroatoms. The first kappa shape index (κ1) is 14.7. The molecule has 0 fully saturated rings. The van der Waals surface area contributed by atoms with Crippen molar-refractivity contribution >= 4 is 26.9 Å². The molecule has 2 aromatic carbocycles. The van der Waals surface area contributed by atoms with Gasteiger partial charge in [0.1, 0.15) is 5.76 Å². The van der Waals surface area contributed by atoms with Gasteiger partial charge in [-0.05, 0) is 37.6 Å². The Labute approximate surface area is 135 Å². The Morgan fingerprint density at radius 1 is 0.909 bits per heavy atom. The quantitative estimate of drug-likeness (QED) is 0.656. The van der Waals surface area contributed by atoms with E-state index in [1.807, 2.05) is 32.0 Å². The van der Waals surface area contributed by atoms with Crippen LogP contribution in [0.15, 0.2) is 60.9 Å². The fraction of sp³-hybridized carbons (Fsp3) is 0.111. The summed E-state index contributed by atoms with van der Waals surface area (Å²) in [6.07, 6.45) is 0. The van der Waals surface area contributed by atoms with Gasteiger partial charge in [0.2, 0.25) is 5.43 Å². The van der Waals surface area contributed by atoms with E-state index in [0.29, 0.717) is 10.2 Å². The highest BCUT2D eigenvalue weighted by Crippen LogP contribution is 2.25. The van der Waals surface area contributed by atoms with Gasteiger partial charge < -0.3 is 4.42 Å². The van der Waals surface area contributed by atoms with Crippen LogP contribution in [0.5, 0.6) is 0 Å². The van der Waals surface area contributed by atoms with Crippen molar-refractivity contribution < 1.29 is 4.42 Å². The molecule has 0 aliphatic carbocycles. The Kier molecular flexibility index (Phi) is 3.71. The minimum Gasteiger partial charge on any atom is -0.452 e. The summed E-state index contributed by atoms with van der Waals surface area (Å²) in [5, 5.41) is 0.274. The third kappa shape index (κ3) is 2.62. The van der Waals surface area contributed by atoms with E-state index in [9.17, 15) is 9.59 Å². The van der Waals surface area contributed by atoms with Gasteiger partial charge in [-0.3, -0.25) is 9.59 Å². The predicted octanol–water partition coefficient (Wildman–Crippen LogP) is 4.20. The van der Waals surface area contributed by atoms with Crippen LogP contribution in [0.2, 0.25) is 0 Å². The molecular formula is C18H13BrO3. The molecule has 110 valence electrons. The Morgan fingerprint density at radius 3 is 2.41 bits per heavy atom. The average molecular weight is 357 g/mol. The predicted molar refractivity (Wildman–Crippen MR) is 91.4 cm³/mol. The van der Waals surface area contributed by atoms with Crippen molar-refractivity contribution in [2.45, 2.75) is 13.8 Å². The number of hydrogen-bond acceptors (Lipinski definition) is 3. The lowest BCUT2D eigenvalue weighted by molar-refractivity contribution is 0.616. The molecule has 0 atom stereocenters. The number of rotatable bonds is 1. The van der Waals surface area contributed by atoms with Gasteiger partial charge in [0.25, 0.3) is 0 Å². The van der Waals surface area contributed by atoms with Crippen molar-refractivity contribution in [2.75, 3.05) is 0 Å². The topological polar surface area (TPSA) is 47.3 Å². The highest BCUT2D eigenvalue weighted by molar-refractivity contribution is 9.10. The Hall–Kier alpha value is -2.20. The van der Waals surface area contributed by atoms with Crippen LogP contribution in [0.25, 0.3) is 22.3 Å². The molecule has 0 unspecified atom stereocenters. The number of aryl methyl sites for hydroxylation is 2. The van der Waals surface area contributed by atoms with Crippen LogP contribution in [0.3, 0.4) is 0 Å². The highest BCUT2D eigenvalue weighted by Gasteiger charge is 2.11. The molecule has 1 aromatic heterocycles. The number of halogens is 1. The maximum atomic E-state index is 12.4. The Morgan fingerprint density at radius 2 is 1.68 bits per heavy atom. The molecule has 0 bridgehead atoms. The molecular weight excluding hydrogens is 344 g/mol. The molecule has 0 spiro atoms. The second kappa shape index (κ2) is 5.54. The lowest BCUT2D eigenvalue weighted by atomic mass is 10.0. The van der Waals surface area contributed by atoms with Crippen molar-refractivity contribution in [1.29, 1.82) is 0 Å². The minimum absolute atomic E-state index is 0.0770. The van der Waals surface area contributed by atoms with Crippen molar-refractivity contribution in [2.24, 2.45) is 0 Å². The zero-order chi connectivity index (χ0) is 15.9. The molecule has 0 saturated carbocycles. The van der Waals surface area contributed by atoms with E-state index in [-0.39, 0.29) is 21.8 Å². The minimum atomic E-state index is -0.315. The summed E-state index contributed by atoms with van der Waals surface area (Å²) in [7, 11) is 0. The smallest absolute Gasteiger partial charge is 0.221 e. The van der Waals surface area contributed by atoms with Gasteiger partial charge in [0, 0.05) is 16.1 Å². The molecule has 0 saturated heterocycles. The van der Waals surface area contributed by atoms with Crippen LogP contribution in [-0.2, 0) is 0 Å². The van der Waals surface area contributed by atoms with Crippen LogP contribution >= 0.6 is 15.9 Å². The largest absolute Gasteiger partial charge is 0.452 e. The average Bonchev–Trinajstić information content (AvgIpc) is 2.60. The van der Waals surface area contributed by atoms with Crippen LogP contribution < -0.4 is 10.9 Å². The molecule has 3 rings (SSSR count). The van der Waals surface area contributed by atoms with Crippen LogP contribution in [-0.4, -0.2) is 0 Å². The first-order valence-electron chi connectivity index (χ1n) is 6.81. The third-order valence-corrected chi connectivity index (χ3v) is 4.02. The van der Waals surface area contributed by atoms with Crippen LogP contribution in [0, 0.1) is 13.8 Å². The van der Waals surface area contributed by atoms with Crippen molar-refractivity contribution in [1.82, 2.24) is 0 Å². The molecule has 22 heavy (non-hydrogen) atoms. The Bertz CT molecular complexity index is 1000. The van der Waals surface area contributed by atoms with Crippen molar-refractivity contribution in [3.05, 3.63) is 78.5 Å². The lowest BCUT2D eigenvalue weighted by Gasteiger charge is -2.06. The summed E-state index contributed by atoms with van der Waals surface area (Å²) in [6.45, 7) is 3.95. The zero-order valence-corrected chi connectivity index (χ0v) is 13.7. The monoisotopic (exact) mass is 356 g/mol. The van der Waals surface area contributed by atoms with Gasteiger partial charge in [-0.2, -0.15) is 0 Å². The van der Waals surface area contributed by atoms with Gasteiger partial charge in [-0.15, -0.1) is 0 Å². The maximum Gasteiger partial charge on any atom is 0.221 e. The normalized spacial score (nSPS) is 10.9. The molecule has 0 radical (unpaired) electrons. The van der Waals surface area contributed by atoms with Gasteiger partial charge in [0.15, 0.2) is 11.0 Å². The summed E-state index contributed by atoms with van der Waals surface area (Å²) in [6, 6.07) is 11.9. The Balaban J connectivity index is 2.39. The fourth-order valence-corrected chi connectivity index (χ4v) is 2.82. The third-order valence-electron chi connectivity index (χ3n) is 3.53. The van der Waals surface area contributed by atoms with E-state index in [1.54, 1.807) is 12.1 Å². The number of hydrogen-bond donors (Lipinski definition) is 0. The molecule has 0 aliphatic rings. The van der Waals surface area contributed by atoms with Gasteiger partial charge in [0.05, 0.1) is 5.39 Å². The van der Waals surface area contributed by atoms with Crippen LogP contribution in [0.1, 0.15) is 11.1 Å². The molecule has 3 nitrogen and oxygen atoms in total. The highest BCUT2D eigenvalue weighted by atomic mass is 79.9. The second-order valence-corrected chi connectivity index (χ2v) is 6.18. The SMILES string of the molecule is Cc1ccc(-c2cc(=O)c3cc(Br)ccc(=O)c3o2)c(C)c1. The van der Waals surface area contributed by atoms with E-state index < -0.39 is 0 Å². The second-order valence-electron chi connectivity index (χ2n) is 5.26.